The molecule has 0 radical (unpaired) electrons. The van der Waals surface area contributed by atoms with Crippen molar-refractivity contribution in [3.05, 3.63) is 34.8 Å². The Hall–Kier alpha value is -1.57. The molecule has 0 bridgehead atoms. The Morgan fingerprint density at radius 1 is 1.50 bits per heavy atom. The Balaban J connectivity index is 2.16. The molecule has 0 fully saturated rings. The summed E-state index contributed by atoms with van der Waals surface area (Å²) in [6.07, 6.45) is 2.74. The van der Waals surface area contributed by atoms with E-state index in [0.29, 0.717) is 10.6 Å². The summed E-state index contributed by atoms with van der Waals surface area (Å²) in [5.41, 5.74) is 1.61. The fraction of sp³-hybridized carbons (Fsp3) is 0.412. The highest BCUT2D eigenvalue weighted by Crippen LogP contribution is 2.30. The van der Waals surface area contributed by atoms with Gasteiger partial charge in [0.15, 0.2) is 0 Å². The second kappa shape index (κ2) is 9.05. The second-order valence-corrected chi connectivity index (χ2v) is 7.28. The number of hydrogen-bond donors (Lipinski definition) is 2. The SMILES string of the molecule is COc1cccc(-c2nc(C)c(C(=O)N[C@H](CO)CCSC)s2)c1. The molecule has 2 rings (SSSR count). The van der Waals surface area contributed by atoms with Crippen molar-refractivity contribution in [1.82, 2.24) is 10.3 Å². The van der Waals surface area contributed by atoms with Crippen LogP contribution in [0.5, 0.6) is 5.75 Å². The van der Waals surface area contributed by atoms with Gasteiger partial charge in [0, 0.05) is 5.56 Å². The van der Waals surface area contributed by atoms with Crippen LogP contribution >= 0.6 is 23.1 Å². The number of benzene rings is 1. The summed E-state index contributed by atoms with van der Waals surface area (Å²) in [5.74, 6) is 1.46. The van der Waals surface area contributed by atoms with E-state index < -0.39 is 0 Å². The van der Waals surface area contributed by atoms with E-state index in [4.69, 9.17) is 4.74 Å². The largest absolute Gasteiger partial charge is 0.497 e. The van der Waals surface area contributed by atoms with Crippen LogP contribution in [0, 0.1) is 6.92 Å². The van der Waals surface area contributed by atoms with E-state index in [1.54, 1.807) is 18.9 Å². The first-order valence-electron chi connectivity index (χ1n) is 7.61. The van der Waals surface area contributed by atoms with E-state index in [2.05, 4.69) is 10.3 Å². The number of aromatic nitrogens is 1. The molecule has 0 aliphatic rings. The molecule has 0 spiro atoms. The molecule has 0 unspecified atom stereocenters. The van der Waals surface area contributed by atoms with Gasteiger partial charge in [-0.1, -0.05) is 12.1 Å². The number of methoxy groups -OCH3 is 1. The van der Waals surface area contributed by atoms with Crippen molar-refractivity contribution in [3.8, 4) is 16.3 Å². The normalized spacial score (nSPS) is 12.0. The molecule has 2 aromatic rings. The molecule has 0 saturated carbocycles. The molecule has 24 heavy (non-hydrogen) atoms. The zero-order valence-corrected chi connectivity index (χ0v) is 15.7. The minimum Gasteiger partial charge on any atom is -0.497 e. The van der Waals surface area contributed by atoms with Gasteiger partial charge >= 0.3 is 0 Å². The highest BCUT2D eigenvalue weighted by molar-refractivity contribution is 7.98. The lowest BCUT2D eigenvalue weighted by atomic mass is 10.2. The van der Waals surface area contributed by atoms with Gasteiger partial charge in [0.2, 0.25) is 0 Å². The smallest absolute Gasteiger partial charge is 0.263 e. The fourth-order valence-corrected chi connectivity index (χ4v) is 3.69. The Morgan fingerprint density at radius 2 is 2.29 bits per heavy atom. The molecule has 1 atom stereocenters. The number of rotatable bonds is 8. The summed E-state index contributed by atoms with van der Waals surface area (Å²) < 4.78 is 5.23. The number of hydrogen-bond acceptors (Lipinski definition) is 6. The molecule has 1 aromatic carbocycles. The number of thioether (sulfide) groups is 1. The lowest BCUT2D eigenvalue weighted by Crippen LogP contribution is -2.37. The predicted molar refractivity (Wildman–Crippen MR) is 100 cm³/mol. The van der Waals surface area contributed by atoms with Crippen LogP contribution < -0.4 is 10.1 Å². The maximum Gasteiger partial charge on any atom is 0.263 e. The number of nitrogens with one attached hydrogen (secondary N) is 1. The third kappa shape index (κ3) is 4.72. The predicted octanol–water partition coefficient (Wildman–Crippen LogP) is 2.97. The van der Waals surface area contributed by atoms with Gasteiger partial charge in [-0.05, 0) is 37.5 Å². The van der Waals surface area contributed by atoms with Crippen molar-refractivity contribution in [2.75, 3.05) is 25.7 Å². The Morgan fingerprint density at radius 3 is 2.96 bits per heavy atom. The zero-order valence-electron chi connectivity index (χ0n) is 14.0. The first kappa shape index (κ1) is 18.8. The van der Waals surface area contributed by atoms with Crippen molar-refractivity contribution in [2.24, 2.45) is 0 Å². The fourth-order valence-electron chi connectivity index (χ4n) is 2.21. The molecule has 5 nitrogen and oxygen atoms in total. The summed E-state index contributed by atoms with van der Waals surface area (Å²) in [7, 11) is 1.62. The van der Waals surface area contributed by atoms with E-state index >= 15 is 0 Å². The third-order valence-electron chi connectivity index (χ3n) is 3.55. The van der Waals surface area contributed by atoms with Crippen LogP contribution in [0.3, 0.4) is 0 Å². The average molecular weight is 367 g/mol. The minimum absolute atomic E-state index is 0.0626. The summed E-state index contributed by atoms with van der Waals surface area (Å²) >= 11 is 3.04. The highest BCUT2D eigenvalue weighted by Gasteiger charge is 2.19. The van der Waals surface area contributed by atoms with Crippen LogP contribution in [0.2, 0.25) is 0 Å². The number of carbonyl (C=O) groups excluding carboxylic acids is 1. The standard InChI is InChI=1S/C17H22N2O3S2/c1-11-15(16(21)19-13(10-20)7-8-23-3)24-17(18-11)12-5-4-6-14(9-12)22-2/h4-6,9,13,20H,7-8,10H2,1-3H3,(H,19,21)/t13-/m0/s1. The zero-order chi connectivity index (χ0) is 17.5. The van der Waals surface area contributed by atoms with Gasteiger partial charge in [-0.3, -0.25) is 4.79 Å². The second-order valence-electron chi connectivity index (χ2n) is 5.30. The molecule has 1 aromatic heterocycles. The lowest BCUT2D eigenvalue weighted by Gasteiger charge is -2.15. The molecule has 2 N–H and O–H groups in total. The summed E-state index contributed by atoms with van der Waals surface area (Å²) in [4.78, 5) is 17.6. The third-order valence-corrected chi connectivity index (χ3v) is 5.39. The molecule has 0 aliphatic heterocycles. The molecular formula is C17H22N2O3S2. The van der Waals surface area contributed by atoms with Crippen LogP contribution in [0.15, 0.2) is 24.3 Å². The quantitative estimate of drug-likeness (QED) is 0.751. The van der Waals surface area contributed by atoms with E-state index in [1.807, 2.05) is 37.4 Å². The maximum absolute atomic E-state index is 12.5. The number of amides is 1. The van der Waals surface area contributed by atoms with E-state index in [9.17, 15) is 9.90 Å². The van der Waals surface area contributed by atoms with Gasteiger partial charge in [0.25, 0.3) is 5.91 Å². The molecule has 0 aliphatic carbocycles. The van der Waals surface area contributed by atoms with Gasteiger partial charge in [-0.25, -0.2) is 4.98 Å². The highest BCUT2D eigenvalue weighted by atomic mass is 32.2. The van der Waals surface area contributed by atoms with E-state index in [1.165, 1.54) is 11.3 Å². The summed E-state index contributed by atoms with van der Waals surface area (Å²) in [5, 5.41) is 13.1. The van der Waals surface area contributed by atoms with Gasteiger partial charge in [-0.15, -0.1) is 11.3 Å². The Labute approximate surface area is 150 Å². The molecule has 0 saturated heterocycles. The number of aryl methyl sites for hydroxylation is 1. The molecule has 1 heterocycles. The van der Waals surface area contributed by atoms with Crippen molar-refractivity contribution >= 4 is 29.0 Å². The maximum atomic E-state index is 12.5. The molecular weight excluding hydrogens is 344 g/mol. The van der Waals surface area contributed by atoms with Crippen LogP contribution in [-0.4, -0.2) is 47.8 Å². The number of aliphatic hydroxyl groups excluding tert-OH is 1. The topological polar surface area (TPSA) is 71.5 Å². The lowest BCUT2D eigenvalue weighted by molar-refractivity contribution is 0.0918. The van der Waals surface area contributed by atoms with Gasteiger partial charge in [-0.2, -0.15) is 11.8 Å². The Kier molecular flexibility index (Phi) is 7.08. The first-order chi connectivity index (χ1) is 11.6. The van der Waals surface area contributed by atoms with Crippen molar-refractivity contribution in [2.45, 2.75) is 19.4 Å². The van der Waals surface area contributed by atoms with Crippen molar-refractivity contribution in [1.29, 1.82) is 0 Å². The molecule has 1 amide bonds. The van der Waals surface area contributed by atoms with Crippen molar-refractivity contribution in [3.63, 3.8) is 0 Å². The number of ether oxygens (including phenoxy) is 1. The summed E-state index contributed by atoms with van der Waals surface area (Å²) in [6.45, 7) is 1.76. The van der Waals surface area contributed by atoms with Crippen LogP contribution in [0.1, 0.15) is 21.8 Å². The van der Waals surface area contributed by atoms with Gasteiger partial charge in [0.05, 0.1) is 25.5 Å². The Bertz CT molecular complexity index is 688. The summed E-state index contributed by atoms with van der Waals surface area (Å²) in [6, 6.07) is 7.38. The van der Waals surface area contributed by atoms with E-state index in [0.717, 1.165) is 28.5 Å². The monoisotopic (exact) mass is 366 g/mol. The van der Waals surface area contributed by atoms with Crippen molar-refractivity contribution < 1.29 is 14.6 Å². The molecule has 130 valence electrons. The average Bonchev–Trinajstić information content (AvgIpc) is 3.00. The van der Waals surface area contributed by atoms with Crippen LogP contribution in [-0.2, 0) is 0 Å². The van der Waals surface area contributed by atoms with Gasteiger partial charge < -0.3 is 15.2 Å². The van der Waals surface area contributed by atoms with E-state index in [-0.39, 0.29) is 18.6 Å². The minimum atomic E-state index is -0.230. The molecule has 7 heteroatoms. The number of carbonyl (C=O) groups is 1. The number of nitrogens with zero attached hydrogens (tertiary/aromatic N) is 1. The van der Waals surface area contributed by atoms with Crippen LogP contribution in [0.25, 0.3) is 10.6 Å². The number of aliphatic hydroxyl groups is 1. The van der Waals surface area contributed by atoms with Crippen LogP contribution in [0.4, 0.5) is 0 Å². The first-order valence-corrected chi connectivity index (χ1v) is 9.82. The van der Waals surface area contributed by atoms with Gasteiger partial charge in [0.1, 0.15) is 15.6 Å². The number of thiazole rings is 1.